The number of hydrogen-bond donors (Lipinski definition) is 1. The molecule has 1 aliphatic rings. The Bertz CT molecular complexity index is 1080. The van der Waals surface area contributed by atoms with Crippen molar-refractivity contribution >= 4 is 23.4 Å². The summed E-state index contributed by atoms with van der Waals surface area (Å²) >= 11 is 1.35. The summed E-state index contributed by atoms with van der Waals surface area (Å²) in [6.45, 7) is 5.36. The average molecular weight is 425 g/mol. The number of thioether (sulfide) groups is 1. The fraction of sp³-hybridized carbons (Fsp3) is 0.318. The predicted octanol–water partition coefficient (Wildman–Crippen LogP) is 3.99. The Labute approximate surface area is 179 Å². The van der Waals surface area contributed by atoms with E-state index in [2.05, 4.69) is 15.5 Å². The van der Waals surface area contributed by atoms with Crippen LogP contribution in [0.15, 0.2) is 41.6 Å². The van der Waals surface area contributed by atoms with Crippen LogP contribution in [0.5, 0.6) is 11.5 Å². The van der Waals surface area contributed by atoms with Crippen molar-refractivity contribution < 1.29 is 14.3 Å². The monoisotopic (exact) mass is 424 g/mol. The van der Waals surface area contributed by atoms with Gasteiger partial charge in [-0.3, -0.25) is 4.79 Å². The van der Waals surface area contributed by atoms with Crippen LogP contribution in [0.1, 0.15) is 17.5 Å². The van der Waals surface area contributed by atoms with E-state index in [9.17, 15) is 4.79 Å². The van der Waals surface area contributed by atoms with Crippen LogP contribution in [0.2, 0.25) is 0 Å². The first-order chi connectivity index (χ1) is 14.5. The Kier molecular flexibility index (Phi) is 5.94. The van der Waals surface area contributed by atoms with E-state index in [1.807, 2.05) is 61.9 Å². The highest BCUT2D eigenvalue weighted by Crippen LogP contribution is 2.34. The molecule has 30 heavy (non-hydrogen) atoms. The maximum absolute atomic E-state index is 12.3. The molecule has 0 aliphatic carbocycles. The summed E-state index contributed by atoms with van der Waals surface area (Å²) in [7, 11) is 1.89. The topological polar surface area (TPSA) is 78.3 Å². The number of benzene rings is 2. The normalized spacial score (nSPS) is 13.0. The lowest BCUT2D eigenvalue weighted by atomic mass is 10.1. The van der Waals surface area contributed by atoms with Crippen molar-refractivity contribution in [2.45, 2.75) is 25.4 Å². The van der Waals surface area contributed by atoms with Crippen molar-refractivity contribution in [3.05, 3.63) is 47.5 Å². The predicted molar refractivity (Wildman–Crippen MR) is 117 cm³/mol. The molecule has 0 saturated heterocycles. The number of ether oxygens (including phenoxy) is 2. The molecule has 8 heteroatoms. The summed E-state index contributed by atoms with van der Waals surface area (Å²) in [4.78, 5) is 12.3. The van der Waals surface area contributed by atoms with Crippen LogP contribution >= 0.6 is 11.8 Å². The highest BCUT2D eigenvalue weighted by Gasteiger charge is 2.17. The smallest absolute Gasteiger partial charge is 0.234 e. The van der Waals surface area contributed by atoms with Gasteiger partial charge in [-0.25, -0.2) is 0 Å². The first kappa shape index (κ1) is 20.3. The van der Waals surface area contributed by atoms with Gasteiger partial charge in [0.2, 0.25) is 5.91 Å². The van der Waals surface area contributed by atoms with Crippen molar-refractivity contribution in [3.8, 4) is 22.9 Å². The molecule has 4 rings (SSSR count). The van der Waals surface area contributed by atoms with E-state index in [1.165, 1.54) is 17.3 Å². The Balaban J connectivity index is 1.42. The molecule has 0 atom stereocenters. The summed E-state index contributed by atoms with van der Waals surface area (Å²) in [5.74, 6) is 2.34. The third-order valence-electron chi connectivity index (χ3n) is 4.96. The van der Waals surface area contributed by atoms with Crippen LogP contribution in [0.25, 0.3) is 11.4 Å². The van der Waals surface area contributed by atoms with E-state index in [1.54, 1.807) is 0 Å². The minimum absolute atomic E-state index is 0.0802. The van der Waals surface area contributed by atoms with Crippen LogP contribution in [-0.2, 0) is 11.8 Å². The molecule has 1 N–H and O–H groups in total. The highest BCUT2D eigenvalue weighted by atomic mass is 32.2. The van der Waals surface area contributed by atoms with Crippen LogP contribution in [-0.4, -0.2) is 39.6 Å². The van der Waals surface area contributed by atoms with Crippen molar-refractivity contribution in [1.29, 1.82) is 0 Å². The van der Waals surface area contributed by atoms with E-state index in [4.69, 9.17) is 9.47 Å². The molecular weight excluding hydrogens is 400 g/mol. The van der Waals surface area contributed by atoms with Gasteiger partial charge in [0.05, 0.1) is 19.0 Å². The van der Waals surface area contributed by atoms with Gasteiger partial charge in [-0.2, -0.15) is 0 Å². The number of rotatable bonds is 5. The van der Waals surface area contributed by atoms with Gasteiger partial charge in [-0.05, 0) is 55.3 Å². The fourth-order valence-electron chi connectivity index (χ4n) is 3.14. The van der Waals surface area contributed by atoms with E-state index >= 15 is 0 Å². The minimum atomic E-state index is -0.0802. The molecule has 2 heterocycles. The number of carbonyl (C=O) groups is 1. The number of nitrogens with zero attached hydrogens (tertiary/aromatic N) is 3. The molecular formula is C22H24N4O3S. The van der Waals surface area contributed by atoms with E-state index in [-0.39, 0.29) is 11.7 Å². The van der Waals surface area contributed by atoms with Gasteiger partial charge in [0.1, 0.15) is 0 Å². The molecule has 1 amide bonds. The standard InChI is InChI=1S/C22H24N4O3S/c1-14-5-7-17(11-15(14)2)23-20(27)13-30-22-25-24-21(26(22)3)16-6-8-18-19(12-16)29-10-4-9-28-18/h5-8,11-12H,4,9-10,13H2,1-3H3,(H,23,27). The Hall–Kier alpha value is -3.00. The zero-order valence-corrected chi connectivity index (χ0v) is 18.1. The summed E-state index contributed by atoms with van der Waals surface area (Å²) in [5.41, 5.74) is 4.03. The number of carbonyl (C=O) groups excluding carboxylic acids is 1. The summed E-state index contributed by atoms with van der Waals surface area (Å²) in [6, 6.07) is 11.7. The number of nitrogens with one attached hydrogen (secondary N) is 1. The van der Waals surface area contributed by atoms with Crippen LogP contribution < -0.4 is 14.8 Å². The molecule has 0 saturated carbocycles. The first-order valence-electron chi connectivity index (χ1n) is 9.80. The lowest BCUT2D eigenvalue weighted by molar-refractivity contribution is -0.113. The fourth-order valence-corrected chi connectivity index (χ4v) is 3.85. The van der Waals surface area contributed by atoms with Crippen LogP contribution in [0.3, 0.4) is 0 Å². The molecule has 0 spiro atoms. The van der Waals surface area contributed by atoms with Crippen molar-refractivity contribution in [2.75, 3.05) is 24.3 Å². The minimum Gasteiger partial charge on any atom is -0.490 e. The second-order valence-corrected chi connectivity index (χ2v) is 8.16. The van der Waals surface area contributed by atoms with E-state index in [0.29, 0.717) is 24.2 Å². The summed E-state index contributed by atoms with van der Waals surface area (Å²) < 4.78 is 13.3. The maximum Gasteiger partial charge on any atom is 0.234 e. The second-order valence-electron chi connectivity index (χ2n) is 7.21. The number of fused-ring (bicyclic) bond motifs is 1. The van der Waals surface area contributed by atoms with Gasteiger partial charge >= 0.3 is 0 Å². The van der Waals surface area contributed by atoms with Gasteiger partial charge < -0.3 is 19.4 Å². The number of aromatic nitrogens is 3. The van der Waals surface area contributed by atoms with Gasteiger partial charge in [-0.1, -0.05) is 17.8 Å². The molecule has 7 nitrogen and oxygen atoms in total. The molecule has 156 valence electrons. The molecule has 0 bridgehead atoms. The molecule has 2 aromatic carbocycles. The van der Waals surface area contributed by atoms with Gasteiger partial charge in [-0.15, -0.1) is 10.2 Å². The highest BCUT2D eigenvalue weighted by molar-refractivity contribution is 7.99. The Morgan fingerprint density at radius 2 is 1.87 bits per heavy atom. The van der Waals surface area contributed by atoms with Gasteiger partial charge in [0, 0.05) is 24.7 Å². The molecule has 1 aromatic heterocycles. The third-order valence-corrected chi connectivity index (χ3v) is 5.98. The maximum atomic E-state index is 12.3. The van der Waals surface area contributed by atoms with E-state index < -0.39 is 0 Å². The summed E-state index contributed by atoms with van der Waals surface area (Å²) in [6.07, 6.45) is 0.860. The van der Waals surface area contributed by atoms with Crippen LogP contribution in [0, 0.1) is 13.8 Å². The van der Waals surface area contributed by atoms with Crippen molar-refractivity contribution in [2.24, 2.45) is 7.05 Å². The SMILES string of the molecule is Cc1ccc(NC(=O)CSc2nnc(-c3ccc4c(c3)OCCCO4)n2C)cc1C. The number of hydrogen-bond acceptors (Lipinski definition) is 6. The second kappa shape index (κ2) is 8.79. The Morgan fingerprint density at radius 1 is 1.07 bits per heavy atom. The van der Waals surface area contributed by atoms with Gasteiger partial charge in [0.15, 0.2) is 22.5 Å². The number of anilines is 1. The lowest BCUT2D eigenvalue weighted by Gasteiger charge is -2.09. The molecule has 3 aromatic rings. The molecule has 0 fully saturated rings. The Morgan fingerprint density at radius 3 is 2.67 bits per heavy atom. The molecule has 0 radical (unpaired) electrons. The molecule has 0 unspecified atom stereocenters. The van der Waals surface area contributed by atoms with Gasteiger partial charge in [0.25, 0.3) is 0 Å². The zero-order valence-electron chi connectivity index (χ0n) is 17.3. The zero-order chi connectivity index (χ0) is 21.1. The summed E-state index contributed by atoms with van der Waals surface area (Å²) in [5, 5.41) is 12.2. The molecule has 1 aliphatic heterocycles. The lowest BCUT2D eigenvalue weighted by Crippen LogP contribution is -2.14. The quantitative estimate of drug-likeness (QED) is 0.624. The van der Waals surface area contributed by atoms with E-state index in [0.717, 1.165) is 34.7 Å². The first-order valence-corrected chi connectivity index (χ1v) is 10.8. The average Bonchev–Trinajstić information content (AvgIpc) is 2.94. The van der Waals surface area contributed by atoms with Crippen LogP contribution in [0.4, 0.5) is 5.69 Å². The van der Waals surface area contributed by atoms with Crippen molar-refractivity contribution in [3.63, 3.8) is 0 Å². The number of amides is 1. The largest absolute Gasteiger partial charge is 0.490 e. The third kappa shape index (κ3) is 4.43. The van der Waals surface area contributed by atoms with Crippen molar-refractivity contribution in [1.82, 2.24) is 14.8 Å². The number of aryl methyl sites for hydroxylation is 2.